The van der Waals surface area contributed by atoms with Gasteiger partial charge in [-0.2, -0.15) is 5.26 Å². The van der Waals surface area contributed by atoms with Crippen LogP contribution in [0, 0.1) is 11.3 Å². The molecule has 0 amide bonds. The van der Waals surface area contributed by atoms with Gasteiger partial charge in [0, 0.05) is 19.2 Å². The van der Waals surface area contributed by atoms with Crippen LogP contribution in [0.25, 0.3) is 0 Å². The molecule has 19 heavy (non-hydrogen) atoms. The summed E-state index contributed by atoms with van der Waals surface area (Å²) in [6.45, 7) is 5.76. The minimum Gasteiger partial charge on any atom is -0.375 e. The fraction of sp³-hybridized carbons (Fsp3) is 0.562. The molecule has 1 fully saturated rings. The Morgan fingerprint density at radius 3 is 2.79 bits per heavy atom. The van der Waals surface area contributed by atoms with E-state index >= 15 is 0 Å². The lowest BCUT2D eigenvalue weighted by molar-refractivity contribution is -0.0628. The van der Waals surface area contributed by atoms with Crippen LogP contribution in [0.2, 0.25) is 0 Å². The second-order valence-corrected chi connectivity index (χ2v) is 5.80. The van der Waals surface area contributed by atoms with Gasteiger partial charge < -0.3 is 10.1 Å². The first-order chi connectivity index (χ1) is 9.11. The molecule has 3 heteroatoms. The van der Waals surface area contributed by atoms with Crippen molar-refractivity contribution in [3.8, 4) is 6.07 Å². The summed E-state index contributed by atoms with van der Waals surface area (Å²) in [4.78, 5) is 0. The molecule has 102 valence electrons. The highest BCUT2D eigenvalue weighted by Gasteiger charge is 2.28. The number of nitrogens with one attached hydrogen (secondary N) is 1. The molecule has 1 aliphatic rings. The lowest BCUT2D eigenvalue weighted by Crippen LogP contribution is -2.44. The molecule has 2 unspecified atom stereocenters. The van der Waals surface area contributed by atoms with Crippen LogP contribution < -0.4 is 5.32 Å². The highest BCUT2D eigenvalue weighted by molar-refractivity contribution is 5.25. The Morgan fingerprint density at radius 2 is 2.16 bits per heavy atom. The maximum Gasteiger partial charge on any atom is 0.0837 e. The molecule has 0 spiro atoms. The predicted octanol–water partition coefficient (Wildman–Crippen LogP) is 2.84. The van der Waals surface area contributed by atoms with Gasteiger partial charge in [0.05, 0.1) is 17.6 Å². The highest BCUT2D eigenvalue weighted by Crippen LogP contribution is 2.24. The molecule has 0 aromatic heterocycles. The summed E-state index contributed by atoms with van der Waals surface area (Å²) in [6, 6.07) is 12.8. The number of nitriles is 1. The van der Waals surface area contributed by atoms with Gasteiger partial charge in [0.2, 0.25) is 0 Å². The largest absolute Gasteiger partial charge is 0.375 e. The molecule has 2 atom stereocenters. The van der Waals surface area contributed by atoms with E-state index in [1.54, 1.807) is 0 Å². The highest BCUT2D eigenvalue weighted by atomic mass is 16.5. The number of ether oxygens (including phenoxy) is 1. The van der Waals surface area contributed by atoms with Crippen LogP contribution in [0.4, 0.5) is 0 Å². The van der Waals surface area contributed by atoms with Crippen LogP contribution in [0.1, 0.15) is 38.2 Å². The number of rotatable bonds is 4. The van der Waals surface area contributed by atoms with Crippen LogP contribution >= 0.6 is 0 Å². The lowest BCUT2D eigenvalue weighted by Gasteiger charge is -2.36. The zero-order valence-corrected chi connectivity index (χ0v) is 11.7. The van der Waals surface area contributed by atoms with E-state index in [1.807, 2.05) is 30.3 Å². The molecule has 0 radical (unpaired) electrons. The smallest absolute Gasteiger partial charge is 0.0837 e. The zero-order valence-electron chi connectivity index (χ0n) is 11.7. The average Bonchev–Trinajstić information content (AvgIpc) is 2.39. The van der Waals surface area contributed by atoms with Crippen molar-refractivity contribution in [2.75, 3.05) is 13.2 Å². The molecule has 1 saturated heterocycles. The monoisotopic (exact) mass is 258 g/mol. The third-order valence-corrected chi connectivity index (χ3v) is 3.67. The van der Waals surface area contributed by atoms with E-state index in [0.29, 0.717) is 12.6 Å². The number of benzene rings is 1. The number of hydrogen-bond donors (Lipinski definition) is 1. The molecule has 1 N–H and O–H groups in total. The summed E-state index contributed by atoms with van der Waals surface area (Å²) in [5.74, 6) is -0.0767. The first-order valence-electron chi connectivity index (χ1n) is 6.92. The van der Waals surface area contributed by atoms with E-state index in [2.05, 4.69) is 25.2 Å². The van der Waals surface area contributed by atoms with Gasteiger partial charge in [-0.15, -0.1) is 0 Å². The molecule has 2 rings (SSSR count). The van der Waals surface area contributed by atoms with Crippen LogP contribution in [0.3, 0.4) is 0 Å². The number of nitrogens with zero attached hydrogens (tertiary/aromatic N) is 1. The van der Waals surface area contributed by atoms with Crippen LogP contribution in [0.5, 0.6) is 0 Å². The van der Waals surface area contributed by atoms with E-state index in [9.17, 15) is 5.26 Å². The van der Waals surface area contributed by atoms with Gasteiger partial charge in [-0.1, -0.05) is 30.3 Å². The van der Waals surface area contributed by atoms with E-state index in [0.717, 1.165) is 25.0 Å². The third kappa shape index (κ3) is 4.05. The molecule has 1 aliphatic heterocycles. The fourth-order valence-electron chi connectivity index (χ4n) is 2.61. The second kappa shape index (κ2) is 6.18. The SMILES string of the molecule is CC1(C)CC(NCC(C#N)c2ccccc2)CCO1. The van der Waals surface area contributed by atoms with Gasteiger partial charge in [-0.25, -0.2) is 0 Å². The summed E-state index contributed by atoms with van der Waals surface area (Å²) in [6.07, 6.45) is 2.02. The van der Waals surface area contributed by atoms with Crippen LogP contribution in [0.15, 0.2) is 30.3 Å². The van der Waals surface area contributed by atoms with E-state index in [-0.39, 0.29) is 11.5 Å². The van der Waals surface area contributed by atoms with Gasteiger partial charge in [0.15, 0.2) is 0 Å². The van der Waals surface area contributed by atoms with Gasteiger partial charge >= 0.3 is 0 Å². The van der Waals surface area contributed by atoms with Gasteiger partial charge in [0.1, 0.15) is 0 Å². The first kappa shape index (κ1) is 14.0. The maximum atomic E-state index is 9.30. The standard InChI is InChI=1S/C16H22N2O/c1-16(2)10-15(8-9-19-16)18-12-14(11-17)13-6-4-3-5-7-13/h3-7,14-15,18H,8-10,12H2,1-2H3. The summed E-state index contributed by atoms with van der Waals surface area (Å²) < 4.78 is 5.71. The van der Waals surface area contributed by atoms with Crippen molar-refractivity contribution < 1.29 is 4.74 Å². The summed E-state index contributed by atoms with van der Waals surface area (Å²) in [5, 5.41) is 12.8. The lowest BCUT2D eigenvalue weighted by atomic mass is 9.93. The predicted molar refractivity (Wildman–Crippen MR) is 75.9 cm³/mol. The van der Waals surface area contributed by atoms with Gasteiger partial charge in [0.25, 0.3) is 0 Å². The van der Waals surface area contributed by atoms with E-state index < -0.39 is 0 Å². The van der Waals surface area contributed by atoms with Crippen molar-refractivity contribution in [3.63, 3.8) is 0 Å². The minimum absolute atomic E-state index is 0.0508. The molecule has 1 aromatic rings. The van der Waals surface area contributed by atoms with Crippen molar-refractivity contribution in [1.29, 1.82) is 5.26 Å². The summed E-state index contributed by atoms with van der Waals surface area (Å²) in [7, 11) is 0. The van der Waals surface area contributed by atoms with Crippen molar-refractivity contribution in [3.05, 3.63) is 35.9 Å². The molecular formula is C16H22N2O. The topological polar surface area (TPSA) is 45.0 Å². The molecular weight excluding hydrogens is 236 g/mol. The Kier molecular flexibility index (Phi) is 4.57. The maximum absolute atomic E-state index is 9.30. The quantitative estimate of drug-likeness (QED) is 0.903. The minimum atomic E-state index is -0.0767. The van der Waals surface area contributed by atoms with Crippen molar-refractivity contribution in [2.24, 2.45) is 0 Å². The van der Waals surface area contributed by atoms with Crippen molar-refractivity contribution >= 4 is 0 Å². The normalized spacial score (nSPS) is 23.5. The Bertz CT molecular complexity index is 436. The average molecular weight is 258 g/mol. The van der Waals surface area contributed by atoms with Gasteiger partial charge in [-0.3, -0.25) is 0 Å². The molecule has 1 aromatic carbocycles. The molecule has 0 aliphatic carbocycles. The zero-order chi connectivity index (χ0) is 13.7. The Hall–Kier alpha value is -1.37. The Labute approximate surface area is 115 Å². The van der Waals surface area contributed by atoms with Crippen LogP contribution in [-0.2, 0) is 4.74 Å². The second-order valence-electron chi connectivity index (χ2n) is 5.80. The third-order valence-electron chi connectivity index (χ3n) is 3.67. The van der Waals surface area contributed by atoms with E-state index in [4.69, 9.17) is 4.74 Å². The number of hydrogen-bond acceptors (Lipinski definition) is 3. The molecule has 0 saturated carbocycles. The summed E-state index contributed by atoms with van der Waals surface area (Å²) in [5.41, 5.74) is 1.04. The van der Waals surface area contributed by atoms with E-state index in [1.165, 1.54) is 0 Å². The Morgan fingerprint density at radius 1 is 1.42 bits per heavy atom. The summed E-state index contributed by atoms with van der Waals surface area (Å²) >= 11 is 0. The van der Waals surface area contributed by atoms with Gasteiger partial charge in [-0.05, 0) is 32.3 Å². The van der Waals surface area contributed by atoms with Crippen molar-refractivity contribution in [1.82, 2.24) is 5.32 Å². The van der Waals surface area contributed by atoms with Crippen molar-refractivity contribution in [2.45, 2.75) is 44.2 Å². The first-order valence-corrected chi connectivity index (χ1v) is 6.92. The van der Waals surface area contributed by atoms with Crippen LogP contribution in [-0.4, -0.2) is 24.8 Å². The molecule has 3 nitrogen and oxygen atoms in total. The Balaban J connectivity index is 1.89. The molecule has 1 heterocycles. The fourth-order valence-corrected chi connectivity index (χ4v) is 2.61. The molecule has 0 bridgehead atoms.